The molecule has 0 saturated carbocycles. The Morgan fingerprint density at radius 2 is 2.07 bits per heavy atom. The highest BCUT2D eigenvalue weighted by Crippen LogP contribution is 2.29. The average molecular weight is 400 g/mol. The van der Waals surface area contributed by atoms with Gasteiger partial charge in [0, 0.05) is 11.7 Å². The number of anilines is 1. The number of hydrogen-bond acceptors (Lipinski definition) is 8. The quantitative estimate of drug-likeness (QED) is 0.484. The Bertz CT molecular complexity index is 986. The zero-order valence-corrected chi connectivity index (χ0v) is 16.6. The van der Waals surface area contributed by atoms with Gasteiger partial charge in [0.1, 0.15) is 5.56 Å². The molecular weight excluding hydrogens is 382 g/mol. The summed E-state index contributed by atoms with van der Waals surface area (Å²) < 4.78 is 6.01. The summed E-state index contributed by atoms with van der Waals surface area (Å²) in [7, 11) is 0. The van der Waals surface area contributed by atoms with Crippen molar-refractivity contribution in [2.75, 3.05) is 5.32 Å². The van der Waals surface area contributed by atoms with Crippen LogP contribution in [0.3, 0.4) is 0 Å². The van der Waals surface area contributed by atoms with Crippen molar-refractivity contribution in [1.82, 2.24) is 15.4 Å². The summed E-state index contributed by atoms with van der Waals surface area (Å²) in [5.41, 5.74) is 2.72. The van der Waals surface area contributed by atoms with Crippen LogP contribution in [-0.2, 0) is 5.75 Å². The molecule has 0 fully saturated rings. The van der Waals surface area contributed by atoms with Crippen LogP contribution < -0.4 is 5.32 Å². The summed E-state index contributed by atoms with van der Waals surface area (Å²) in [6, 6.07) is 9.50. The van der Waals surface area contributed by atoms with Gasteiger partial charge in [-0.3, -0.25) is 10.1 Å². The second-order valence-electron chi connectivity index (χ2n) is 6.09. The van der Waals surface area contributed by atoms with Crippen LogP contribution >= 0.6 is 23.1 Å². The maximum atomic E-state index is 12.6. The molecule has 0 aliphatic heterocycles. The SMILES string of the molecule is Cc1noc(C(C)C)c1C(=O)Nc1nnc(SCc2ccc(C#N)cc2)s1. The number of thioether (sulfide) groups is 1. The number of rotatable bonds is 6. The summed E-state index contributed by atoms with van der Waals surface area (Å²) >= 11 is 2.83. The van der Waals surface area contributed by atoms with Crippen LogP contribution in [-0.4, -0.2) is 21.3 Å². The smallest absolute Gasteiger partial charge is 0.263 e. The summed E-state index contributed by atoms with van der Waals surface area (Å²) in [4.78, 5) is 12.6. The van der Waals surface area contributed by atoms with Crippen LogP contribution in [0.5, 0.6) is 0 Å². The highest BCUT2D eigenvalue weighted by molar-refractivity contribution is 8.00. The first-order valence-corrected chi connectivity index (χ1v) is 10.0. The van der Waals surface area contributed by atoms with E-state index in [1.165, 1.54) is 23.1 Å². The number of benzene rings is 1. The zero-order chi connectivity index (χ0) is 19.4. The largest absolute Gasteiger partial charge is 0.360 e. The van der Waals surface area contributed by atoms with Crippen molar-refractivity contribution >= 4 is 34.1 Å². The second kappa shape index (κ2) is 8.33. The van der Waals surface area contributed by atoms with Crippen molar-refractivity contribution in [2.45, 2.75) is 36.8 Å². The summed E-state index contributed by atoms with van der Waals surface area (Å²) in [5.74, 6) is 1.03. The second-order valence-corrected chi connectivity index (χ2v) is 8.29. The Labute approximate surface area is 164 Å². The molecule has 0 aliphatic rings. The van der Waals surface area contributed by atoms with Gasteiger partial charge in [-0.15, -0.1) is 10.2 Å². The van der Waals surface area contributed by atoms with E-state index in [1.807, 2.05) is 26.0 Å². The highest BCUT2D eigenvalue weighted by atomic mass is 32.2. The molecule has 0 aliphatic carbocycles. The van der Waals surface area contributed by atoms with E-state index in [1.54, 1.807) is 19.1 Å². The lowest BCUT2D eigenvalue weighted by Crippen LogP contribution is -2.14. The van der Waals surface area contributed by atoms with Crippen LogP contribution in [0.25, 0.3) is 0 Å². The Hall–Kier alpha value is -2.70. The van der Waals surface area contributed by atoms with E-state index in [0.29, 0.717) is 33.5 Å². The van der Waals surface area contributed by atoms with Gasteiger partial charge in [0.05, 0.1) is 17.3 Å². The van der Waals surface area contributed by atoms with Gasteiger partial charge in [-0.05, 0) is 24.6 Å². The summed E-state index contributed by atoms with van der Waals surface area (Å²) in [5, 5.41) is 24.1. The molecule has 0 atom stereocenters. The number of aryl methyl sites for hydroxylation is 1. The first-order chi connectivity index (χ1) is 13.0. The number of nitrogens with one attached hydrogen (secondary N) is 1. The highest BCUT2D eigenvalue weighted by Gasteiger charge is 2.23. The van der Waals surface area contributed by atoms with E-state index in [2.05, 4.69) is 26.7 Å². The van der Waals surface area contributed by atoms with E-state index < -0.39 is 0 Å². The third kappa shape index (κ3) is 4.53. The van der Waals surface area contributed by atoms with Crippen molar-refractivity contribution in [2.24, 2.45) is 0 Å². The molecule has 7 nitrogen and oxygen atoms in total. The maximum absolute atomic E-state index is 12.6. The van der Waals surface area contributed by atoms with Crippen molar-refractivity contribution < 1.29 is 9.32 Å². The van der Waals surface area contributed by atoms with Gasteiger partial charge in [0.25, 0.3) is 5.91 Å². The third-order valence-electron chi connectivity index (χ3n) is 3.71. The number of nitriles is 1. The fraction of sp³-hybridized carbons (Fsp3) is 0.278. The van der Waals surface area contributed by atoms with Gasteiger partial charge in [0.15, 0.2) is 10.1 Å². The molecule has 0 saturated heterocycles. The van der Waals surface area contributed by atoms with Gasteiger partial charge < -0.3 is 4.52 Å². The standard InChI is InChI=1S/C18H17N5O2S2/c1-10(2)15-14(11(3)23-25-15)16(24)20-17-21-22-18(27-17)26-9-13-6-4-12(8-19)5-7-13/h4-7,10H,9H2,1-3H3,(H,20,21,24). The lowest BCUT2D eigenvalue weighted by molar-refractivity contribution is 0.102. The van der Waals surface area contributed by atoms with Gasteiger partial charge in [-0.25, -0.2) is 0 Å². The molecule has 138 valence electrons. The molecule has 27 heavy (non-hydrogen) atoms. The number of aromatic nitrogens is 3. The molecule has 0 spiro atoms. The predicted molar refractivity (Wildman–Crippen MR) is 104 cm³/mol. The summed E-state index contributed by atoms with van der Waals surface area (Å²) in [6.07, 6.45) is 0. The lowest BCUT2D eigenvalue weighted by atomic mass is 10.0. The Kier molecular flexibility index (Phi) is 5.88. The topological polar surface area (TPSA) is 105 Å². The minimum Gasteiger partial charge on any atom is -0.360 e. The number of nitrogens with zero attached hydrogens (tertiary/aromatic N) is 4. The molecular formula is C18H17N5O2S2. The van der Waals surface area contributed by atoms with Crippen LogP contribution in [0.1, 0.15) is 52.7 Å². The van der Waals surface area contributed by atoms with Crippen molar-refractivity contribution in [1.29, 1.82) is 5.26 Å². The molecule has 0 radical (unpaired) electrons. The Morgan fingerprint density at radius 1 is 1.33 bits per heavy atom. The zero-order valence-electron chi connectivity index (χ0n) is 15.0. The van der Waals surface area contributed by atoms with Gasteiger partial charge >= 0.3 is 0 Å². The fourth-order valence-corrected chi connectivity index (χ4v) is 4.06. The van der Waals surface area contributed by atoms with Crippen molar-refractivity contribution in [3.05, 3.63) is 52.4 Å². The van der Waals surface area contributed by atoms with E-state index in [0.717, 1.165) is 9.90 Å². The number of carbonyl (C=O) groups excluding carboxylic acids is 1. The maximum Gasteiger partial charge on any atom is 0.263 e. The van der Waals surface area contributed by atoms with Crippen molar-refractivity contribution in [3.8, 4) is 6.07 Å². The van der Waals surface area contributed by atoms with Gasteiger partial charge in [-0.2, -0.15) is 5.26 Å². The first kappa shape index (κ1) is 19.1. The Morgan fingerprint density at radius 3 is 2.74 bits per heavy atom. The van der Waals surface area contributed by atoms with E-state index >= 15 is 0 Å². The summed E-state index contributed by atoms with van der Waals surface area (Å²) in [6.45, 7) is 5.63. The van der Waals surface area contributed by atoms with E-state index in [9.17, 15) is 4.79 Å². The number of carbonyl (C=O) groups is 1. The molecule has 3 aromatic rings. The van der Waals surface area contributed by atoms with E-state index in [-0.39, 0.29) is 11.8 Å². The van der Waals surface area contributed by atoms with Crippen LogP contribution in [0, 0.1) is 18.3 Å². The number of amides is 1. The molecule has 9 heteroatoms. The molecule has 0 unspecified atom stereocenters. The molecule has 2 aromatic heterocycles. The van der Waals surface area contributed by atoms with Crippen LogP contribution in [0.15, 0.2) is 33.1 Å². The molecule has 3 rings (SSSR count). The van der Waals surface area contributed by atoms with E-state index in [4.69, 9.17) is 9.78 Å². The lowest BCUT2D eigenvalue weighted by Gasteiger charge is -2.04. The Balaban J connectivity index is 1.63. The minimum atomic E-state index is -0.294. The van der Waals surface area contributed by atoms with Gasteiger partial charge in [-0.1, -0.05) is 54.2 Å². The third-order valence-corrected chi connectivity index (χ3v) is 5.76. The van der Waals surface area contributed by atoms with Crippen LogP contribution in [0.4, 0.5) is 5.13 Å². The average Bonchev–Trinajstić information content (AvgIpc) is 3.26. The molecule has 1 N–H and O–H groups in total. The monoisotopic (exact) mass is 399 g/mol. The number of hydrogen-bond donors (Lipinski definition) is 1. The van der Waals surface area contributed by atoms with Crippen molar-refractivity contribution in [3.63, 3.8) is 0 Å². The fourth-order valence-electron chi connectivity index (χ4n) is 2.36. The predicted octanol–water partition coefficient (Wildman–Crippen LogP) is 4.37. The first-order valence-electron chi connectivity index (χ1n) is 8.20. The molecule has 0 bridgehead atoms. The minimum absolute atomic E-state index is 0.0555. The molecule has 1 aromatic carbocycles. The molecule has 1 amide bonds. The van der Waals surface area contributed by atoms with Crippen LogP contribution in [0.2, 0.25) is 0 Å². The van der Waals surface area contributed by atoms with Gasteiger partial charge in [0.2, 0.25) is 5.13 Å². The normalized spacial score (nSPS) is 10.8. The molecule has 2 heterocycles.